The average molecular weight is 254 g/mol. The molecule has 1 aliphatic heterocycles. The van der Waals surface area contributed by atoms with E-state index in [-0.39, 0.29) is 11.7 Å². The van der Waals surface area contributed by atoms with E-state index in [9.17, 15) is 4.39 Å². The summed E-state index contributed by atoms with van der Waals surface area (Å²) in [6, 6.07) is 5.05. The van der Waals surface area contributed by atoms with Crippen LogP contribution in [0.25, 0.3) is 0 Å². The van der Waals surface area contributed by atoms with Crippen LogP contribution in [0.2, 0.25) is 0 Å². The highest BCUT2D eigenvalue weighted by molar-refractivity contribution is 5.24. The molecule has 0 aromatic heterocycles. The van der Waals surface area contributed by atoms with Gasteiger partial charge in [-0.15, -0.1) is 0 Å². The van der Waals surface area contributed by atoms with Gasteiger partial charge in [-0.2, -0.15) is 0 Å². The quantitative estimate of drug-likeness (QED) is 0.827. The predicted octanol–water partition coefficient (Wildman–Crippen LogP) is 2.83. The van der Waals surface area contributed by atoms with Gasteiger partial charge < -0.3 is 14.2 Å². The third-order valence-electron chi connectivity index (χ3n) is 2.99. The summed E-state index contributed by atoms with van der Waals surface area (Å²) in [5.74, 6) is 0.0348. The largest absolute Gasteiger partial charge is 0.381 e. The molecule has 0 saturated carbocycles. The van der Waals surface area contributed by atoms with Gasteiger partial charge in [0.25, 0.3) is 0 Å². The lowest BCUT2D eigenvalue weighted by atomic mass is 10.1. The lowest BCUT2D eigenvalue weighted by Crippen LogP contribution is -2.30. The number of hydrogen-bond acceptors (Lipinski definition) is 3. The van der Waals surface area contributed by atoms with Crippen molar-refractivity contribution >= 4 is 0 Å². The van der Waals surface area contributed by atoms with Crippen LogP contribution >= 0.6 is 0 Å². The first-order valence-corrected chi connectivity index (χ1v) is 6.27. The normalized spacial score (nSPS) is 24.2. The molecule has 0 unspecified atom stereocenters. The van der Waals surface area contributed by atoms with Crippen LogP contribution in [0.1, 0.15) is 24.3 Å². The highest BCUT2D eigenvalue weighted by Crippen LogP contribution is 2.26. The van der Waals surface area contributed by atoms with Gasteiger partial charge in [-0.1, -0.05) is 12.1 Å². The van der Waals surface area contributed by atoms with Gasteiger partial charge in [0, 0.05) is 18.1 Å². The first kappa shape index (κ1) is 13.5. The van der Waals surface area contributed by atoms with Gasteiger partial charge in [-0.05, 0) is 25.5 Å². The van der Waals surface area contributed by atoms with Gasteiger partial charge in [-0.25, -0.2) is 4.39 Å². The molecule has 0 spiro atoms. The number of benzene rings is 1. The molecule has 1 aromatic rings. The van der Waals surface area contributed by atoms with Crippen molar-refractivity contribution in [3.8, 4) is 0 Å². The fraction of sp³-hybridized carbons (Fsp3) is 0.571. The van der Waals surface area contributed by atoms with E-state index in [1.165, 1.54) is 6.07 Å². The van der Waals surface area contributed by atoms with E-state index in [1.54, 1.807) is 13.0 Å². The SMILES string of the molecule is CCOCC1COC(c2ccc(C)c(F)c2)OC1. The molecule has 0 bridgehead atoms. The molecule has 0 aliphatic carbocycles. The van der Waals surface area contributed by atoms with Crippen molar-refractivity contribution in [1.82, 2.24) is 0 Å². The minimum absolute atomic E-state index is 0.226. The van der Waals surface area contributed by atoms with E-state index in [4.69, 9.17) is 14.2 Å². The van der Waals surface area contributed by atoms with Crippen LogP contribution in [0.5, 0.6) is 0 Å². The second-order valence-corrected chi connectivity index (χ2v) is 4.53. The van der Waals surface area contributed by atoms with Crippen molar-refractivity contribution in [1.29, 1.82) is 0 Å². The number of aryl methyl sites for hydroxylation is 1. The van der Waals surface area contributed by atoms with Gasteiger partial charge >= 0.3 is 0 Å². The molecule has 18 heavy (non-hydrogen) atoms. The maximum atomic E-state index is 13.4. The van der Waals surface area contributed by atoms with Crippen molar-refractivity contribution in [3.63, 3.8) is 0 Å². The van der Waals surface area contributed by atoms with Crippen molar-refractivity contribution < 1.29 is 18.6 Å². The van der Waals surface area contributed by atoms with Crippen molar-refractivity contribution in [2.24, 2.45) is 5.92 Å². The Morgan fingerprint density at radius 2 is 2.06 bits per heavy atom. The number of rotatable bonds is 4. The first-order chi connectivity index (χ1) is 8.70. The van der Waals surface area contributed by atoms with Crippen LogP contribution in [0.4, 0.5) is 4.39 Å². The predicted molar refractivity (Wildman–Crippen MR) is 65.8 cm³/mol. The van der Waals surface area contributed by atoms with Crippen LogP contribution in [0.3, 0.4) is 0 Å². The molecular weight excluding hydrogens is 235 g/mol. The standard InChI is InChI=1S/C14H19FO3/c1-3-16-7-11-8-17-14(18-9-11)12-5-4-10(2)13(15)6-12/h4-6,11,14H,3,7-9H2,1-2H3. The Labute approximate surface area is 107 Å². The van der Waals surface area contributed by atoms with Crippen molar-refractivity contribution in [2.45, 2.75) is 20.1 Å². The summed E-state index contributed by atoms with van der Waals surface area (Å²) < 4.78 is 30.0. The number of ether oxygens (including phenoxy) is 3. The smallest absolute Gasteiger partial charge is 0.183 e. The number of halogens is 1. The van der Waals surface area contributed by atoms with Gasteiger partial charge in [0.15, 0.2) is 6.29 Å². The van der Waals surface area contributed by atoms with E-state index in [1.807, 2.05) is 13.0 Å². The fourth-order valence-electron chi connectivity index (χ4n) is 1.87. The molecule has 4 heteroatoms. The third-order valence-corrected chi connectivity index (χ3v) is 2.99. The Kier molecular flexibility index (Phi) is 4.69. The Morgan fingerprint density at radius 3 is 2.67 bits per heavy atom. The van der Waals surface area contributed by atoms with E-state index >= 15 is 0 Å². The van der Waals surface area contributed by atoms with Crippen LogP contribution in [0.15, 0.2) is 18.2 Å². The molecule has 100 valence electrons. The Bertz CT molecular complexity index is 387. The topological polar surface area (TPSA) is 27.7 Å². The van der Waals surface area contributed by atoms with Gasteiger partial charge in [0.05, 0.1) is 19.8 Å². The lowest BCUT2D eigenvalue weighted by Gasteiger charge is -2.29. The Balaban J connectivity index is 1.90. The summed E-state index contributed by atoms with van der Waals surface area (Å²) in [7, 11) is 0. The highest BCUT2D eigenvalue weighted by atomic mass is 19.1. The van der Waals surface area contributed by atoms with E-state index in [0.29, 0.717) is 32.0 Å². The molecule has 3 nitrogen and oxygen atoms in total. The highest BCUT2D eigenvalue weighted by Gasteiger charge is 2.24. The van der Waals surface area contributed by atoms with Crippen LogP contribution in [-0.4, -0.2) is 26.4 Å². The average Bonchev–Trinajstić information content (AvgIpc) is 2.40. The molecule has 1 aromatic carbocycles. The zero-order chi connectivity index (χ0) is 13.0. The summed E-state index contributed by atoms with van der Waals surface area (Å²) >= 11 is 0. The monoisotopic (exact) mass is 254 g/mol. The summed E-state index contributed by atoms with van der Waals surface area (Å²) in [6.07, 6.45) is -0.460. The van der Waals surface area contributed by atoms with Crippen LogP contribution in [-0.2, 0) is 14.2 Å². The molecule has 1 saturated heterocycles. The molecule has 0 radical (unpaired) electrons. The minimum atomic E-state index is -0.460. The van der Waals surface area contributed by atoms with E-state index in [2.05, 4.69) is 0 Å². The molecular formula is C14H19FO3. The number of hydrogen-bond donors (Lipinski definition) is 0. The first-order valence-electron chi connectivity index (χ1n) is 6.27. The van der Waals surface area contributed by atoms with Crippen LogP contribution < -0.4 is 0 Å². The Hall–Kier alpha value is -0.970. The van der Waals surface area contributed by atoms with E-state index < -0.39 is 6.29 Å². The lowest BCUT2D eigenvalue weighted by molar-refractivity contribution is -0.212. The van der Waals surface area contributed by atoms with Gasteiger partial charge in [-0.3, -0.25) is 0 Å². The van der Waals surface area contributed by atoms with Crippen LogP contribution in [0, 0.1) is 18.7 Å². The maximum Gasteiger partial charge on any atom is 0.183 e. The van der Waals surface area contributed by atoms with Crippen molar-refractivity contribution in [3.05, 3.63) is 35.1 Å². The molecule has 0 atom stereocenters. The van der Waals surface area contributed by atoms with Gasteiger partial charge in [0.2, 0.25) is 0 Å². The molecule has 1 fully saturated rings. The van der Waals surface area contributed by atoms with Crippen molar-refractivity contribution in [2.75, 3.05) is 26.4 Å². The molecule has 2 rings (SSSR count). The second-order valence-electron chi connectivity index (χ2n) is 4.53. The zero-order valence-corrected chi connectivity index (χ0v) is 10.8. The van der Waals surface area contributed by atoms with E-state index in [0.717, 1.165) is 5.56 Å². The maximum absolute atomic E-state index is 13.4. The second kappa shape index (κ2) is 6.27. The molecule has 1 heterocycles. The fourth-order valence-corrected chi connectivity index (χ4v) is 1.87. The zero-order valence-electron chi connectivity index (χ0n) is 10.8. The third kappa shape index (κ3) is 3.28. The molecule has 0 amide bonds. The summed E-state index contributed by atoms with van der Waals surface area (Å²) in [5.41, 5.74) is 1.36. The van der Waals surface area contributed by atoms with Gasteiger partial charge in [0.1, 0.15) is 5.82 Å². The molecule has 0 N–H and O–H groups in total. The summed E-state index contributed by atoms with van der Waals surface area (Å²) in [5, 5.41) is 0. The summed E-state index contributed by atoms with van der Waals surface area (Å²) in [6.45, 7) is 6.21. The molecule has 1 aliphatic rings. The Morgan fingerprint density at radius 1 is 1.33 bits per heavy atom. The minimum Gasteiger partial charge on any atom is -0.381 e. The summed E-state index contributed by atoms with van der Waals surface area (Å²) in [4.78, 5) is 0.